The first kappa shape index (κ1) is 27.8. The van der Waals surface area contributed by atoms with Crippen LogP contribution in [0.3, 0.4) is 0 Å². The van der Waals surface area contributed by atoms with Gasteiger partial charge in [0.05, 0.1) is 12.2 Å². The van der Waals surface area contributed by atoms with Crippen LogP contribution in [0.5, 0.6) is 5.75 Å². The SMILES string of the molecule is O=C1CC[C@H](N2Cc3cc(O[C@@H]4CN(Cc5cc6ccc(C7CCOCC7)cc6cn5)CC4(F)F)ccc3C2=O)C(=O)N1. The summed E-state index contributed by atoms with van der Waals surface area (Å²) in [5, 5.41) is 4.33. The molecule has 0 bridgehead atoms. The number of rotatable bonds is 6. The summed E-state index contributed by atoms with van der Waals surface area (Å²) in [6.07, 6.45) is 2.88. The fourth-order valence-corrected chi connectivity index (χ4v) is 6.67. The predicted octanol–water partition coefficient (Wildman–Crippen LogP) is 3.79. The molecule has 9 nitrogen and oxygen atoms in total. The molecule has 2 atom stereocenters. The van der Waals surface area contributed by atoms with Crippen molar-refractivity contribution in [2.75, 3.05) is 26.3 Å². The number of hydrogen-bond donors (Lipinski definition) is 1. The Kier molecular flexibility index (Phi) is 7.09. The number of aromatic nitrogens is 1. The summed E-state index contributed by atoms with van der Waals surface area (Å²) in [5.41, 5.74) is 3.00. The predicted molar refractivity (Wildman–Crippen MR) is 152 cm³/mol. The van der Waals surface area contributed by atoms with Crippen LogP contribution in [0.2, 0.25) is 0 Å². The molecule has 3 saturated heterocycles. The minimum Gasteiger partial charge on any atom is -0.483 e. The Hall–Kier alpha value is -3.96. The van der Waals surface area contributed by atoms with Gasteiger partial charge in [-0.2, -0.15) is 0 Å². The highest BCUT2D eigenvalue weighted by molar-refractivity contribution is 6.05. The second-order valence-electron chi connectivity index (χ2n) is 11.9. The highest BCUT2D eigenvalue weighted by Crippen LogP contribution is 2.35. The van der Waals surface area contributed by atoms with Crippen LogP contribution < -0.4 is 10.1 Å². The van der Waals surface area contributed by atoms with E-state index < -0.39 is 30.5 Å². The number of piperidine rings is 1. The number of carbonyl (C=O) groups excluding carboxylic acids is 3. The molecule has 0 aliphatic carbocycles. The molecule has 1 N–H and O–H groups in total. The molecule has 2 aromatic carbocycles. The summed E-state index contributed by atoms with van der Waals surface area (Å²) in [6.45, 7) is 1.54. The van der Waals surface area contributed by atoms with Crippen LogP contribution in [0.15, 0.2) is 48.7 Å². The van der Waals surface area contributed by atoms with Crippen molar-refractivity contribution >= 4 is 28.5 Å². The fourth-order valence-electron chi connectivity index (χ4n) is 6.67. The van der Waals surface area contributed by atoms with Crippen LogP contribution >= 0.6 is 0 Å². The Labute approximate surface area is 247 Å². The van der Waals surface area contributed by atoms with E-state index in [-0.39, 0.29) is 50.0 Å². The third kappa shape index (κ3) is 5.47. The average Bonchev–Trinajstić information content (AvgIpc) is 3.46. The van der Waals surface area contributed by atoms with Gasteiger partial charge in [0.15, 0.2) is 6.10 Å². The van der Waals surface area contributed by atoms with Gasteiger partial charge in [0.1, 0.15) is 11.8 Å². The monoisotopic (exact) mass is 590 g/mol. The maximum Gasteiger partial charge on any atom is 0.297 e. The van der Waals surface area contributed by atoms with Crippen molar-refractivity contribution < 1.29 is 32.6 Å². The van der Waals surface area contributed by atoms with Crippen LogP contribution in [-0.4, -0.2) is 76.9 Å². The zero-order valence-electron chi connectivity index (χ0n) is 23.6. The summed E-state index contributed by atoms with van der Waals surface area (Å²) in [6, 6.07) is 12.3. The molecule has 5 heterocycles. The van der Waals surface area contributed by atoms with E-state index in [2.05, 4.69) is 28.5 Å². The van der Waals surface area contributed by atoms with E-state index in [1.54, 1.807) is 17.0 Å². The van der Waals surface area contributed by atoms with Gasteiger partial charge >= 0.3 is 0 Å². The number of amides is 3. The number of pyridine rings is 1. The first-order valence-corrected chi connectivity index (χ1v) is 14.7. The van der Waals surface area contributed by atoms with Gasteiger partial charge in [0.25, 0.3) is 11.8 Å². The molecule has 0 saturated carbocycles. The van der Waals surface area contributed by atoms with Crippen molar-refractivity contribution in [3.05, 3.63) is 71.0 Å². The number of carbonyl (C=O) groups is 3. The number of fused-ring (bicyclic) bond motifs is 2. The molecule has 224 valence electrons. The van der Waals surface area contributed by atoms with Crippen molar-refractivity contribution in [2.24, 2.45) is 0 Å². The molecule has 0 radical (unpaired) electrons. The summed E-state index contributed by atoms with van der Waals surface area (Å²) in [4.78, 5) is 44.4. The van der Waals surface area contributed by atoms with E-state index in [9.17, 15) is 14.4 Å². The van der Waals surface area contributed by atoms with E-state index in [1.807, 2.05) is 12.3 Å². The van der Waals surface area contributed by atoms with Crippen molar-refractivity contribution in [1.82, 2.24) is 20.1 Å². The molecule has 4 aliphatic rings. The number of alkyl halides is 2. The van der Waals surface area contributed by atoms with E-state index in [4.69, 9.17) is 9.47 Å². The molecule has 3 aromatic rings. The van der Waals surface area contributed by atoms with E-state index >= 15 is 8.78 Å². The molecule has 3 amide bonds. The summed E-state index contributed by atoms with van der Waals surface area (Å²) < 4.78 is 41.5. The van der Waals surface area contributed by atoms with Crippen molar-refractivity contribution in [2.45, 2.75) is 62.8 Å². The Morgan fingerprint density at radius 2 is 1.86 bits per heavy atom. The summed E-state index contributed by atoms with van der Waals surface area (Å²) in [5.74, 6) is -3.53. The van der Waals surface area contributed by atoms with Crippen molar-refractivity contribution in [3.63, 3.8) is 0 Å². The molecular weight excluding hydrogens is 558 g/mol. The topological polar surface area (TPSA) is 101 Å². The molecule has 4 aliphatic heterocycles. The van der Waals surface area contributed by atoms with Gasteiger partial charge in [-0.05, 0) is 72.0 Å². The molecule has 7 rings (SSSR count). The van der Waals surface area contributed by atoms with Crippen LogP contribution in [0.25, 0.3) is 10.8 Å². The van der Waals surface area contributed by atoms with Gasteiger partial charge in [-0.3, -0.25) is 29.6 Å². The average molecular weight is 591 g/mol. The third-order valence-electron chi connectivity index (χ3n) is 8.98. The zero-order chi connectivity index (χ0) is 29.7. The number of likely N-dealkylation sites (tertiary alicyclic amines) is 1. The number of ether oxygens (including phenoxy) is 2. The van der Waals surface area contributed by atoms with Crippen LogP contribution in [0, 0.1) is 0 Å². The maximum absolute atomic E-state index is 15.1. The Bertz CT molecular complexity index is 1610. The minimum absolute atomic E-state index is 0.0216. The molecule has 1 aromatic heterocycles. The first-order chi connectivity index (χ1) is 20.7. The molecule has 0 unspecified atom stereocenters. The van der Waals surface area contributed by atoms with Crippen LogP contribution in [-0.2, 0) is 27.4 Å². The van der Waals surface area contributed by atoms with Gasteiger partial charge in [0, 0.05) is 56.4 Å². The Morgan fingerprint density at radius 1 is 1.02 bits per heavy atom. The third-order valence-corrected chi connectivity index (χ3v) is 8.98. The number of hydrogen-bond acceptors (Lipinski definition) is 7. The van der Waals surface area contributed by atoms with Gasteiger partial charge in [0.2, 0.25) is 11.8 Å². The first-order valence-electron chi connectivity index (χ1n) is 14.7. The molecule has 43 heavy (non-hydrogen) atoms. The Morgan fingerprint density at radius 3 is 2.67 bits per heavy atom. The number of halogens is 2. The fraction of sp³-hybridized carbons (Fsp3) is 0.438. The van der Waals surface area contributed by atoms with Crippen LogP contribution in [0.4, 0.5) is 8.78 Å². The number of benzene rings is 2. The minimum atomic E-state index is -3.08. The number of nitrogens with zero attached hydrogens (tertiary/aromatic N) is 3. The normalized spacial score (nSPS) is 24.4. The number of nitrogens with one attached hydrogen (secondary N) is 1. The second-order valence-corrected chi connectivity index (χ2v) is 11.9. The van der Waals surface area contributed by atoms with Crippen LogP contribution in [0.1, 0.15) is 58.8 Å². The maximum atomic E-state index is 15.1. The quantitative estimate of drug-likeness (QED) is 0.436. The van der Waals surface area contributed by atoms with Gasteiger partial charge in [-0.1, -0.05) is 12.1 Å². The Balaban J connectivity index is 1.01. The smallest absolute Gasteiger partial charge is 0.297 e. The molecule has 0 spiro atoms. The van der Waals surface area contributed by atoms with E-state index in [1.165, 1.54) is 16.5 Å². The second kappa shape index (κ2) is 10.9. The van der Waals surface area contributed by atoms with Gasteiger partial charge < -0.3 is 14.4 Å². The lowest BCUT2D eigenvalue weighted by atomic mass is 9.90. The highest BCUT2D eigenvalue weighted by atomic mass is 19.3. The van der Waals surface area contributed by atoms with E-state index in [0.29, 0.717) is 22.7 Å². The summed E-state index contributed by atoms with van der Waals surface area (Å²) in [7, 11) is 0. The number of imide groups is 1. The summed E-state index contributed by atoms with van der Waals surface area (Å²) >= 11 is 0. The van der Waals surface area contributed by atoms with Crippen molar-refractivity contribution in [1.29, 1.82) is 0 Å². The lowest BCUT2D eigenvalue weighted by Gasteiger charge is -2.29. The lowest BCUT2D eigenvalue weighted by molar-refractivity contribution is -0.136. The molecule has 11 heteroatoms. The largest absolute Gasteiger partial charge is 0.483 e. The van der Waals surface area contributed by atoms with Gasteiger partial charge in [-0.15, -0.1) is 0 Å². The zero-order valence-corrected chi connectivity index (χ0v) is 23.6. The lowest BCUT2D eigenvalue weighted by Crippen LogP contribution is -2.52. The molecular formula is C32H32F2N4O5. The highest BCUT2D eigenvalue weighted by Gasteiger charge is 2.50. The van der Waals surface area contributed by atoms with E-state index in [0.717, 1.165) is 36.8 Å². The molecule has 3 fully saturated rings. The standard InChI is InChI=1S/C32H32F2N4O5/c33-32(34)18-37(16-24-12-21-2-1-20(11-22(21)14-35-24)19-7-9-42-10-8-19)17-28(32)43-25-3-4-26-23(13-25)15-38(31(26)41)27-5-6-29(39)36-30(27)40/h1-4,11-14,19,27-28H,5-10,15-18H2,(H,36,39,40)/t27-,28+/m0/s1. The van der Waals surface area contributed by atoms with Crippen molar-refractivity contribution in [3.8, 4) is 5.75 Å². The van der Waals surface area contributed by atoms with Gasteiger partial charge in [-0.25, -0.2) is 8.78 Å².